The Kier molecular flexibility index (Phi) is 5.55. The molecule has 0 spiro atoms. The lowest BCUT2D eigenvalue weighted by atomic mass is 9.92. The predicted molar refractivity (Wildman–Crippen MR) is 107 cm³/mol. The van der Waals surface area contributed by atoms with Crippen molar-refractivity contribution < 1.29 is 0 Å². The Labute approximate surface area is 155 Å². The van der Waals surface area contributed by atoms with E-state index in [-0.39, 0.29) is 0 Å². The third-order valence-corrected chi connectivity index (χ3v) is 5.18. The summed E-state index contributed by atoms with van der Waals surface area (Å²) in [7, 11) is 0. The van der Waals surface area contributed by atoms with Crippen molar-refractivity contribution >= 4 is 11.6 Å². The van der Waals surface area contributed by atoms with Crippen molar-refractivity contribution in [3.8, 4) is 0 Å². The Morgan fingerprint density at radius 1 is 0.920 bits per heavy atom. The maximum atomic E-state index is 6.10. The van der Waals surface area contributed by atoms with Crippen LogP contribution in [0.1, 0.15) is 46.4 Å². The van der Waals surface area contributed by atoms with Gasteiger partial charge >= 0.3 is 0 Å². The average molecular weight is 350 g/mol. The third kappa shape index (κ3) is 4.49. The van der Waals surface area contributed by atoms with E-state index >= 15 is 0 Å². The fourth-order valence-electron chi connectivity index (χ4n) is 3.30. The number of rotatable bonds is 5. The van der Waals surface area contributed by atoms with E-state index in [4.69, 9.17) is 11.6 Å². The normalized spacial score (nSPS) is 12.2. The highest BCUT2D eigenvalue weighted by Crippen LogP contribution is 2.23. The van der Waals surface area contributed by atoms with Gasteiger partial charge in [0.25, 0.3) is 0 Å². The van der Waals surface area contributed by atoms with Gasteiger partial charge in [-0.15, -0.1) is 0 Å². The highest BCUT2D eigenvalue weighted by Gasteiger charge is 2.10. The summed E-state index contributed by atoms with van der Waals surface area (Å²) < 4.78 is 0. The van der Waals surface area contributed by atoms with Crippen LogP contribution in [0.2, 0.25) is 5.02 Å². The molecule has 0 aliphatic heterocycles. The predicted octanol–water partition coefficient (Wildman–Crippen LogP) is 6.29. The van der Waals surface area contributed by atoms with E-state index in [1.807, 2.05) is 19.2 Å². The molecule has 25 heavy (non-hydrogen) atoms. The van der Waals surface area contributed by atoms with Crippen LogP contribution in [0.3, 0.4) is 0 Å². The van der Waals surface area contributed by atoms with Crippen molar-refractivity contribution in [2.45, 2.75) is 39.5 Å². The number of aryl methyl sites for hydroxylation is 2. The van der Waals surface area contributed by atoms with Crippen molar-refractivity contribution in [2.75, 3.05) is 0 Å². The summed E-state index contributed by atoms with van der Waals surface area (Å²) in [6.07, 6.45) is 3.85. The average Bonchev–Trinajstić information content (AvgIpc) is 2.60. The Morgan fingerprint density at radius 3 is 2.36 bits per heavy atom. The van der Waals surface area contributed by atoms with Crippen molar-refractivity contribution in [3.63, 3.8) is 0 Å². The highest BCUT2D eigenvalue weighted by molar-refractivity contribution is 6.31. The zero-order valence-corrected chi connectivity index (χ0v) is 15.8. The smallest absolute Gasteiger partial charge is 0.0435 e. The molecular weight excluding hydrogens is 326 g/mol. The molecule has 0 saturated heterocycles. The van der Waals surface area contributed by atoms with Gasteiger partial charge in [-0.1, -0.05) is 61.0 Å². The summed E-state index contributed by atoms with van der Waals surface area (Å²) in [5.74, 6) is 0.471. The van der Waals surface area contributed by atoms with Gasteiger partial charge in [-0.05, 0) is 72.6 Å². The Morgan fingerprint density at radius 2 is 1.68 bits per heavy atom. The summed E-state index contributed by atoms with van der Waals surface area (Å²) in [4.78, 5) is 4.68. The number of hydrogen-bond donors (Lipinski definition) is 0. The molecule has 0 radical (unpaired) electrons. The lowest BCUT2D eigenvalue weighted by Crippen LogP contribution is -2.02. The molecule has 0 aliphatic rings. The lowest BCUT2D eigenvalue weighted by molar-refractivity contribution is 0.734. The first kappa shape index (κ1) is 17.7. The summed E-state index contributed by atoms with van der Waals surface area (Å²) in [6, 6.07) is 19.2. The molecule has 0 aliphatic carbocycles. The first-order chi connectivity index (χ1) is 12.0. The van der Waals surface area contributed by atoms with E-state index < -0.39 is 0 Å². The van der Waals surface area contributed by atoms with Gasteiger partial charge in [0.15, 0.2) is 0 Å². The number of benzene rings is 2. The van der Waals surface area contributed by atoms with Crippen LogP contribution < -0.4 is 0 Å². The molecule has 2 aromatic carbocycles. The first-order valence-electron chi connectivity index (χ1n) is 8.77. The van der Waals surface area contributed by atoms with Crippen LogP contribution in [0.5, 0.6) is 0 Å². The fourth-order valence-corrected chi connectivity index (χ4v) is 3.41. The van der Waals surface area contributed by atoms with Crippen molar-refractivity contribution in [2.24, 2.45) is 0 Å². The van der Waals surface area contributed by atoms with Gasteiger partial charge in [0.05, 0.1) is 0 Å². The number of pyridine rings is 1. The molecule has 3 rings (SSSR count). The molecule has 0 bridgehead atoms. The van der Waals surface area contributed by atoms with E-state index in [0.717, 1.165) is 29.1 Å². The van der Waals surface area contributed by atoms with Crippen LogP contribution in [0.25, 0.3) is 0 Å². The topological polar surface area (TPSA) is 12.9 Å². The van der Waals surface area contributed by atoms with Crippen LogP contribution in [-0.2, 0) is 12.8 Å². The second-order valence-corrected chi connectivity index (χ2v) is 7.29. The zero-order chi connectivity index (χ0) is 17.8. The quantitative estimate of drug-likeness (QED) is 0.527. The van der Waals surface area contributed by atoms with Gasteiger partial charge in [0.1, 0.15) is 0 Å². The summed E-state index contributed by atoms with van der Waals surface area (Å²) in [5, 5.41) is 0.822. The molecule has 3 aromatic rings. The van der Waals surface area contributed by atoms with E-state index in [1.165, 1.54) is 22.3 Å². The zero-order valence-electron chi connectivity index (χ0n) is 15.1. The Hall–Kier alpha value is -2.12. The van der Waals surface area contributed by atoms with E-state index in [1.54, 1.807) is 0 Å². The third-order valence-electron chi connectivity index (χ3n) is 4.75. The molecule has 2 heteroatoms. The molecule has 0 N–H and O–H groups in total. The van der Waals surface area contributed by atoms with Gasteiger partial charge < -0.3 is 0 Å². The summed E-state index contributed by atoms with van der Waals surface area (Å²) in [5.41, 5.74) is 7.52. The largest absolute Gasteiger partial charge is 0.261 e. The van der Waals surface area contributed by atoms with Crippen molar-refractivity contribution in [1.29, 1.82) is 0 Å². The molecule has 0 amide bonds. The van der Waals surface area contributed by atoms with Crippen LogP contribution in [-0.4, -0.2) is 4.98 Å². The number of aromatic nitrogens is 1. The van der Waals surface area contributed by atoms with Gasteiger partial charge in [-0.2, -0.15) is 0 Å². The molecule has 1 heterocycles. The molecule has 1 atom stereocenters. The second kappa shape index (κ2) is 7.84. The van der Waals surface area contributed by atoms with Crippen LogP contribution in [0.4, 0.5) is 0 Å². The van der Waals surface area contributed by atoms with E-state index in [9.17, 15) is 0 Å². The van der Waals surface area contributed by atoms with Crippen molar-refractivity contribution in [3.05, 3.63) is 99.3 Å². The standard InChI is InChI=1S/C23H24ClN/c1-16-6-4-5-7-22(16)17(2)13-21-10-8-20(15-25-21)14-19-9-11-23(24)18(3)12-19/h4-12,15,17H,13-14H2,1-3H3. The highest BCUT2D eigenvalue weighted by atomic mass is 35.5. The molecule has 0 fully saturated rings. The lowest BCUT2D eigenvalue weighted by Gasteiger charge is -2.14. The minimum Gasteiger partial charge on any atom is -0.261 e. The maximum absolute atomic E-state index is 6.10. The second-order valence-electron chi connectivity index (χ2n) is 6.88. The van der Waals surface area contributed by atoms with E-state index in [0.29, 0.717) is 5.92 Å². The molecular formula is C23H24ClN. The van der Waals surface area contributed by atoms with Gasteiger partial charge in [0.2, 0.25) is 0 Å². The number of halogens is 1. The molecule has 1 nitrogen and oxygen atoms in total. The minimum atomic E-state index is 0.471. The van der Waals surface area contributed by atoms with Gasteiger partial charge in [-0.25, -0.2) is 0 Å². The maximum Gasteiger partial charge on any atom is 0.0435 e. The van der Waals surface area contributed by atoms with Crippen LogP contribution in [0.15, 0.2) is 60.8 Å². The summed E-state index contributed by atoms with van der Waals surface area (Å²) >= 11 is 6.10. The van der Waals surface area contributed by atoms with Crippen LogP contribution >= 0.6 is 11.6 Å². The molecule has 0 saturated carbocycles. The molecule has 1 unspecified atom stereocenters. The minimum absolute atomic E-state index is 0.471. The van der Waals surface area contributed by atoms with Gasteiger partial charge in [0, 0.05) is 16.9 Å². The molecule has 128 valence electrons. The van der Waals surface area contributed by atoms with Crippen LogP contribution in [0, 0.1) is 13.8 Å². The first-order valence-corrected chi connectivity index (χ1v) is 9.15. The SMILES string of the molecule is Cc1cc(Cc2ccc(CC(C)c3ccccc3C)nc2)ccc1Cl. The molecule has 1 aromatic heterocycles. The van der Waals surface area contributed by atoms with Gasteiger partial charge in [-0.3, -0.25) is 4.98 Å². The Balaban J connectivity index is 1.67. The number of hydrogen-bond acceptors (Lipinski definition) is 1. The summed E-state index contributed by atoms with van der Waals surface area (Å²) in [6.45, 7) is 6.49. The number of nitrogens with zero attached hydrogens (tertiary/aromatic N) is 1. The van der Waals surface area contributed by atoms with Crippen molar-refractivity contribution in [1.82, 2.24) is 4.98 Å². The fraction of sp³-hybridized carbons (Fsp3) is 0.261. The Bertz CT molecular complexity index is 852. The monoisotopic (exact) mass is 349 g/mol. The van der Waals surface area contributed by atoms with E-state index in [2.05, 4.69) is 67.4 Å².